The molecule has 0 N–H and O–H groups in total. The second-order valence-corrected chi connectivity index (χ2v) is 14.3. The number of fused-ring (bicyclic) bond motifs is 5. The van der Waals surface area contributed by atoms with E-state index in [1.807, 2.05) is 11.8 Å². The molecule has 5 aromatic rings. The maximum Gasteiger partial charge on any atom is 0.224 e. The van der Waals surface area contributed by atoms with Gasteiger partial charge in [0.05, 0.1) is 16.5 Å². The van der Waals surface area contributed by atoms with E-state index in [1.165, 1.54) is 59.8 Å². The van der Waals surface area contributed by atoms with Gasteiger partial charge in [0.1, 0.15) is 12.1 Å². The molecular formula is C34H37N2S+. The molecule has 0 fully saturated rings. The summed E-state index contributed by atoms with van der Waals surface area (Å²) in [7, 11) is 2.19. The average Bonchev–Trinajstić information content (AvgIpc) is 2.81. The number of hydrogen-bond acceptors (Lipinski definition) is 2. The first-order valence-electron chi connectivity index (χ1n) is 13.4. The highest BCUT2D eigenvalue weighted by atomic mass is 32.2. The Hall–Kier alpha value is -2.91. The van der Waals surface area contributed by atoms with E-state index in [0.29, 0.717) is 0 Å². The first kappa shape index (κ1) is 24.4. The van der Waals surface area contributed by atoms with E-state index in [4.69, 9.17) is 4.98 Å². The minimum absolute atomic E-state index is 0.182. The number of hydrogen-bond donors (Lipinski definition) is 0. The number of rotatable bonds is 2. The van der Waals surface area contributed by atoms with Crippen LogP contribution in [0.1, 0.15) is 58.2 Å². The number of aryl methyl sites for hydroxylation is 2. The normalized spacial score (nSPS) is 13.5. The Kier molecular flexibility index (Phi) is 5.48. The molecule has 37 heavy (non-hydrogen) atoms. The molecule has 1 aliphatic rings. The fraction of sp³-hybridized carbons (Fsp3) is 0.353. The average molecular weight is 506 g/mol. The van der Waals surface area contributed by atoms with E-state index in [0.717, 1.165) is 23.4 Å². The van der Waals surface area contributed by atoms with Gasteiger partial charge >= 0.3 is 0 Å². The highest BCUT2D eigenvalue weighted by Gasteiger charge is 2.34. The monoisotopic (exact) mass is 505 g/mol. The van der Waals surface area contributed by atoms with Crippen molar-refractivity contribution in [3.63, 3.8) is 0 Å². The van der Waals surface area contributed by atoms with Crippen LogP contribution in [0, 0.1) is 17.8 Å². The summed E-state index contributed by atoms with van der Waals surface area (Å²) in [6.45, 7) is 16.3. The smallest absolute Gasteiger partial charge is 0.224 e. The summed E-state index contributed by atoms with van der Waals surface area (Å²) in [6, 6.07) is 18.2. The van der Waals surface area contributed by atoms with Crippen molar-refractivity contribution in [2.45, 2.75) is 71.2 Å². The largest absolute Gasteiger partial charge is 0.240 e. The third-order valence-corrected chi connectivity index (χ3v) is 8.66. The van der Waals surface area contributed by atoms with Crippen LogP contribution in [-0.4, -0.2) is 4.98 Å². The van der Waals surface area contributed by atoms with Gasteiger partial charge in [0.15, 0.2) is 6.20 Å². The Morgan fingerprint density at radius 2 is 1.51 bits per heavy atom. The molecule has 3 heteroatoms. The summed E-state index contributed by atoms with van der Waals surface area (Å²) in [4.78, 5) is 6.70. The van der Waals surface area contributed by atoms with Gasteiger partial charge in [-0.05, 0) is 70.2 Å². The van der Waals surface area contributed by atoms with Gasteiger partial charge in [-0.1, -0.05) is 83.6 Å². The number of pyridine rings is 2. The van der Waals surface area contributed by atoms with Crippen LogP contribution >= 0.6 is 11.8 Å². The fourth-order valence-corrected chi connectivity index (χ4v) is 7.40. The third kappa shape index (κ3) is 4.12. The molecule has 2 aromatic heterocycles. The van der Waals surface area contributed by atoms with Crippen LogP contribution in [0.2, 0.25) is 0 Å². The number of aromatic nitrogens is 2. The number of benzene rings is 3. The molecule has 0 saturated carbocycles. The van der Waals surface area contributed by atoms with E-state index >= 15 is 0 Å². The zero-order valence-corrected chi connectivity index (χ0v) is 24.2. The van der Waals surface area contributed by atoms with Crippen LogP contribution in [0.25, 0.3) is 43.7 Å². The first-order chi connectivity index (χ1) is 17.4. The summed E-state index contributed by atoms with van der Waals surface area (Å²) >= 11 is 1.88. The van der Waals surface area contributed by atoms with Gasteiger partial charge < -0.3 is 0 Å². The molecule has 0 atom stereocenters. The van der Waals surface area contributed by atoms with Crippen LogP contribution in [0.5, 0.6) is 0 Å². The molecule has 0 amide bonds. The lowest BCUT2D eigenvalue weighted by Crippen LogP contribution is -2.32. The maximum absolute atomic E-state index is 5.31. The standard InChI is InChI=1S/C34H37N2S/c1-20-22-11-9-10-12-23(22)26(19-34(5,6)7)31-28(20)30-29-24(15-16-36(30)8)25-17-21(18-33(2,3)4)13-14-27(25)35-32(29)37-31/h9-17H,18-19H2,1-8H3/q+1. The van der Waals surface area contributed by atoms with Gasteiger partial charge in [0.25, 0.3) is 0 Å². The van der Waals surface area contributed by atoms with Crippen molar-refractivity contribution >= 4 is 44.2 Å². The minimum Gasteiger partial charge on any atom is -0.240 e. The van der Waals surface area contributed by atoms with E-state index < -0.39 is 0 Å². The second-order valence-electron chi connectivity index (χ2n) is 13.3. The van der Waals surface area contributed by atoms with Gasteiger partial charge in [0, 0.05) is 21.7 Å². The van der Waals surface area contributed by atoms with E-state index in [2.05, 4.69) is 115 Å². The Morgan fingerprint density at radius 1 is 0.811 bits per heavy atom. The van der Waals surface area contributed by atoms with Crippen molar-refractivity contribution in [1.82, 2.24) is 4.98 Å². The highest BCUT2D eigenvalue weighted by Crippen LogP contribution is 2.52. The van der Waals surface area contributed by atoms with Gasteiger partial charge in [-0.3, -0.25) is 0 Å². The Bertz CT molecular complexity index is 1730. The van der Waals surface area contributed by atoms with Crippen molar-refractivity contribution in [3.8, 4) is 11.3 Å². The minimum atomic E-state index is 0.182. The third-order valence-electron chi connectivity index (χ3n) is 7.52. The van der Waals surface area contributed by atoms with Crippen LogP contribution in [0.4, 0.5) is 0 Å². The molecule has 0 saturated heterocycles. The predicted molar refractivity (Wildman–Crippen MR) is 159 cm³/mol. The van der Waals surface area contributed by atoms with Gasteiger partial charge in [0.2, 0.25) is 5.69 Å². The zero-order valence-electron chi connectivity index (χ0n) is 23.4. The summed E-state index contributed by atoms with van der Waals surface area (Å²) in [5.41, 5.74) is 8.41. The summed E-state index contributed by atoms with van der Waals surface area (Å²) in [5, 5.41) is 7.75. The van der Waals surface area contributed by atoms with E-state index in [-0.39, 0.29) is 10.8 Å². The van der Waals surface area contributed by atoms with Crippen LogP contribution < -0.4 is 4.57 Å². The lowest BCUT2D eigenvalue weighted by atomic mass is 9.83. The predicted octanol–water partition coefficient (Wildman–Crippen LogP) is 8.98. The Labute approximate surface area is 225 Å². The first-order valence-corrected chi connectivity index (χ1v) is 14.2. The van der Waals surface area contributed by atoms with Crippen LogP contribution in [0.3, 0.4) is 0 Å². The molecular weight excluding hydrogens is 468 g/mol. The molecule has 1 aliphatic heterocycles. The highest BCUT2D eigenvalue weighted by molar-refractivity contribution is 7.99. The Morgan fingerprint density at radius 3 is 2.22 bits per heavy atom. The van der Waals surface area contributed by atoms with Crippen molar-refractivity contribution < 1.29 is 4.57 Å². The lowest BCUT2D eigenvalue weighted by molar-refractivity contribution is -0.659. The van der Waals surface area contributed by atoms with Crippen molar-refractivity contribution in [2.24, 2.45) is 17.9 Å². The molecule has 3 heterocycles. The van der Waals surface area contributed by atoms with Gasteiger partial charge in [-0.2, -0.15) is 0 Å². The molecule has 0 spiro atoms. The molecule has 0 bridgehead atoms. The fourth-order valence-electron chi connectivity index (χ4n) is 6.10. The molecule has 188 valence electrons. The van der Waals surface area contributed by atoms with E-state index in [1.54, 1.807) is 0 Å². The van der Waals surface area contributed by atoms with Crippen molar-refractivity contribution in [3.05, 3.63) is 71.4 Å². The Balaban J connectivity index is 1.72. The summed E-state index contributed by atoms with van der Waals surface area (Å²) in [6.07, 6.45) is 4.33. The molecule has 0 aliphatic carbocycles. The topological polar surface area (TPSA) is 16.8 Å². The SMILES string of the molecule is Cc1c2c(c(CC(C)(C)C)c3ccccc13)Sc1nc3ccc(CC(C)(C)C)cc3c3cc[n+](C)c-2c13. The molecule has 2 nitrogen and oxygen atoms in total. The van der Waals surface area contributed by atoms with Crippen molar-refractivity contribution in [1.29, 1.82) is 0 Å². The van der Waals surface area contributed by atoms with Crippen LogP contribution in [0.15, 0.2) is 64.6 Å². The molecule has 0 unspecified atom stereocenters. The van der Waals surface area contributed by atoms with Crippen LogP contribution in [-0.2, 0) is 19.9 Å². The van der Waals surface area contributed by atoms with Gasteiger partial charge in [-0.15, -0.1) is 0 Å². The quantitative estimate of drug-likeness (QED) is 0.172. The molecule has 0 radical (unpaired) electrons. The lowest BCUT2D eigenvalue weighted by Gasteiger charge is -2.27. The summed E-state index contributed by atoms with van der Waals surface area (Å²) in [5.74, 6) is 0. The number of nitrogens with zero attached hydrogens (tertiary/aromatic N) is 2. The van der Waals surface area contributed by atoms with Gasteiger partial charge in [-0.25, -0.2) is 9.55 Å². The second kappa shape index (κ2) is 8.30. The molecule has 6 rings (SSSR count). The van der Waals surface area contributed by atoms with Crippen molar-refractivity contribution in [2.75, 3.05) is 0 Å². The summed E-state index contributed by atoms with van der Waals surface area (Å²) < 4.78 is 2.32. The van der Waals surface area contributed by atoms with E-state index in [9.17, 15) is 0 Å². The zero-order chi connectivity index (χ0) is 26.3. The maximum atomic E-state index is 5.31. The molecule has 3 aromatic carbocycles.